The maximum atomic E-state index is 12.2. The Hall–Kier alpha value is -1.76. The number of rotatable bonds is 3. The Morgan fingerprint density at radius 1 is 1.04 bits per heavy atom. The molecule has 0 saturated heterocycles. The van der Waals surface area contributed by atoms with Gasteiger partial charge in [0, 0.05) is 16.9 Å². The molecule has 2 rings (SSSR count). The molecule has 5 heteroatoms. The van der Waals surface area contributed by atoms with E-state index in [0.29, 0.717) is 0 Å². The summed E-state index contributed by atoms with van der Waals surface area (Å²) in [5, 5.41) is 5.70. The molecule has 23 heavy (non-hydrogen) atoms. The van der Waals surface area contributed by atoms with Gasteiger partial charge in [-0.3, -0.25) is 0 Å². The summed E-state index contributed by atoms with van der Waals surface area (Å²) in [4.78, 5) is 12.2. The van der Waals surface area contributed by atoms with E-state index < -0.39 is 0 Å². The lowest BCUT2D eigenvalue weighted by Crippen LogP contribution is -2.20. The van der Waals surface area contributed by atoms with E-state index in [-0.39, 0.29) is 11.4 Å². The molecular formula is C18H21IN2O2. The molecule has 2 aromatic rings. The highest BCUT2D eigenvalue weighted by atomic mass is 127. The number of hydrogen-bond acceptors (Lipinski definition) is 2. The number of methoxy groups -OCH3 is 1. The fourth-order valence-corrected chi connectivity index (χ4v) is 3.09. The first-order valence-electron chi connectivity index (χ1n) is 7.32. The van der Waals surface area contributed by atoms with Crippen LogP contribution in [0.25, 0.3) is 0 Å². The van der Waals surface area contributed by atoms with Gasteiger partial charge >= 0.3 is 6.03 Å². The Morgan fingerprint density at radius 2 is 1.65 bits per heavy atom. The van der Waals surface area contributed by atoms with Gasteiger partial charge in [0.15, 0.2) is 0 Å². The average molecular weight is 424 g/mol. The summed E-state index contributed by atoms with van der Waals surface area (Å²) in [6.07, 6.45) is 0. The molecule has 2 N–H and O–H groups in total. The molecule has 4 nitrogen and oxygen atoms in total. The Bertz CT molecular complexity index is 694. The maximum Gasteiger partial charge on any atom is 0.323 e. The highest BCUT2D eigenvalue weighted by Crippen LogP contribution is 2.37. The number of para-hydroxylation sites is 1. The van der Waals surface area contributed by atoms with Crippen molar-refractivity contribution in [2.24, 2.45) is 0 Å². The third-order valence-electron chi connectivity index (χ3n) is 3.35. The van der Waals surface area contributed by atoms with Crippen LogP contribution in [0.15, 0.2) is 42.5 Å². The molecule has 0 saturated carbocycles. The Kier molecular flexibility index (Phi) is 5.51. The summed E-state index contributed by atoms with van der Waals surface area (Å²) >= 11 is 2.23. The molecule has 2 amide bonds. The average Bonchev–Trinajstić information content (AvgIpc) is 2.46. The predicted octanol–water partition coefficient (Wildman–Crippen LogP) is 5.24. The van der Waals surface area contributed by atoms with Crippen molar-refractivity contribution >= 4 is 40.0 Å². The van der Waals surface area contributed by atoms with Crippen molar-refractivity contribution in [1.29, 1.82) is 0 Å². The fourth-order valence-electron chi connectivity index (χ4n) is 2.25. The smallest absolute Gasteiger partial charge is 0.323 e. The molecule has 0 aliphatic heterocycles. The standard InChI is InChI=1S/C18H21IN2O2/c1-18(2,3)14-10-13(11-15(19)16(14)23-4)21-17(22)20-12-8-6-5-7-9-12/h5-11H,1-4H3,(H2,20,21,22). The first-order chi connectivity index (χ1) is 10.8. The van der Waals surface area contributed by atoms with Crippen LogP contribution in [0.3, 0.4) is 0 Å². The van der Waals surface area contributed by atoms with E-state index in [0.717, 1.165) is 26.3 Å². The minimum atomic E-state index is -0.267. The van der Waals surface area contributed by atoms with Gasteiger partial charge in [-0.15, -0.1) is 0 Å². The summed E-state index contributed by atoms with van der Waals surface area (Å²) in [7, 11) is 1.67. The molecule has 0 spiro atoms. The van der Waals surface area contributed by atoms with Crippen molar-refractivity contribution in [3.63, 3.8) is 0 Å². The summed E-state index contributed by atoms with van der Waals surface area (Å²) in [5.74, 6) is 0.854. The zero-order valence-electron chi connectivity index (χ0n) is 13.7. The van der Waals surface area contributed by atoms with E-state index in [1.165, 1.54) is 0 Å². The second-order valence-electron chi connectivity index (χ2n) is 6.23. The summed E-state index contributed by atoms with van der Waals surface area (Å²) < 4.78 is 6.49. The number of anilines is 2. The number of benzene rings is 2. The number of urea groups is 1. The highest BCUT2D eigenvalue weighted by Gasteiger charge is 2.22. The lowest BCUT2D eigenvalue weighted by Gasteiger charge is -2.24. The lowest BCUT2D eigenvalue weighted by atomic mass is 9.86. The molecule has 0 unspecified atom stereocenters. The van der Waals surface area contributed by atoms with Crippen molar-refractivity contribution in [2.45, 2.75) is 26.2 Å². The van der Waals surface area contributed by atoms with Crippen LogP contribution < -0.4 is 15.4 Å². The summed E-state index contributed by atoms with van der Waals surface area (Å²) in [5.41, 5.74) is 2.47. The van der Waals surface area contributed by atoms with Gasteiger partial charge in [-0.05, 0) is 52.3 Å². The van der Waals surface area contributed by atoms with Gasteiger partial charge in [-0.1, -0.05) is 39.0 Å². The van der Waals surface area contributed by atoms with E-state index in [1.807, 2.05) is 42.5 Å². The number of carbonyl (C=O) groups is 1. The highest BCUT2D eigenvalue weighted by molar-refractivity contribution is 14.1. The normalized spacial score (nSPS) is 11.0. The van der Waals surface area contributed by atoms with E-state index in [9.17, 15) is 4.79 Å². The van der Waals surface area contributed by atoms with Gasteiger partial charge in [0.05, 0.1) is 10.7 Å². The largest absolute Gasteiger partial charge is 0.495 e. The summed E-state index contributed by atoms with van der Waals surface area (Å²) in [6.45, 7) is 6.36. The molecule has 0 heterocycles. The molecule has 0 fully saturated rings. The number of hydrogen-bond donors (Lipinski definition) is 2. The van der Waals surface area contributed by atoms with Crippen molar-refractivity contribution in [1.82, 2.24) is 0 Å². The molecule has 0 aliphatic rings. The SMILES string of the molecule is COc1c(I)cc(NC(=O)Nc2ccccc2)cc1C(C)(C)C. The number of amides is 2. The van der Waals surface area contributed by atoms with Crippen molar-refractivity contribution < 1.29 is 9.53 Å². The van der Waals surface area contributed by atoms with Crippen LogP contribution in [0, 0.1) is 3.57 Å². The predicted molar refractivity (Wildman–Crippen MR) is 103 cm³/mol. The number of nitrogens with one attached hydrogen (secondary N) is 2. The van der Waals surface area contributed by atoms with Crippen LogP contribution in [0.5, 0.6) is 5.75 Å². The monoisotopic (exact) mass is 424 g/mol. The van der Waals surface area contributed by atoms with Gasteiger partial charge in [0.25, 0.3) is 0 Å². The zero-order valence-corrected chi connectivity index (χ0v) is 15.9. The van der Waals surface area contributed by atoms with Gasteiger partial charge in [-0.2, -0.15) is 0 Å². The van der Waals surface area contributed by atoms with E-state index in [2.05, 4.69) is 54.0 Å². The van der Waals surface area contributed by atoms with E-state index in [1.54, 1.807) is 7.11 Å². The Labute approximate surface area is 150 Å². The zero-order chi connectivity index (χ0) is 17.0. The van der Waals surface area contributed by atoms with E-state index >= 15 is 0 Å². The Morgan fingerprint density at radius 3 is 2.22 bits per heavy atom. The topological polar surface area (TPSA) is 50.4 Å². The molecule has 0 atom stereocenters. The minimum Gasteiger partial charge on any atom is -0.495 e. The fraction of sp³-hybridized carbons (Fsp3) is 0.278. The second kappa shape index (κ2) is 7.21. The van der Waals surface area contributed by atoms with Crippen LogP contribution in [0.2, 0.25) is 0 Å². The third kappa shape index (κ3) is 4.60. The minimum absolute atomic E-state index is 0.0845. The van der Waals surface area contributed by atoms with Crippen molar-refractivity contribution in [3.8, 4) is 5.75 Å². The van der Waals surface area contributed by atoms with Crippen molar-refractivity contribution in [3.05, 3.63) is 51.6 Å². The lowest BCUT2D eigenvalue weighted by molar-refractivity contribution is 0.262. The molecule has 0 aliphatic carbocycles. The number of halogens is 1. The summed E-state index contributed by atoms with van der Waals surface area (Å²) in [6, 6.07) is 13.0. The number of ether oxygens (including phenoxy) is 1. The van der Waals surface area contributed by atoms with Crippen LogP contribution >= 0.6 is 22.6 Å². The number of carbonyl (C=O) groups excluding carboxylic acids is 1. The molecular weight excluding hydrogens is 403 g/mol. The van der Waals surface area contributed by atoms with Crippen LogP contribution in [-0.4, -0.2) is 13.1 Å². The molecule has 0 radical (unpaired) electrons. The first kappa shape index (κ1) is 17.6. The molecule has 2 aromatic carbocycles. The van der Waals surface area contributed by atoms with Gasteiger partial charge in [0.1, 0.15) is 5.75 Å². The third-order valence-corrected chi connectivity index (χ3v) is 4.15. The maximum absolute atomic E-state index is 12.2. The Balaban J connectivity index is 2.23. The molecule has 122 valence electrons. The van der Waals surface area contributed by atoms with Crippen LogP contribution in [0.4, 0.5) is 16.2 Å². The van der Waals surface area contributed by atoms with E-state index in [4.69, 9.17) is 4.74 Å². The molecule has 0 aromatic heterocycles. The van der Waals surface area contributed by atoms with Gasteiger partial charge in [-0.25, -0.2) is 4.79 Å². The van der Waals surface area contributed by atoms with Gasteiger partial charge < -0.3 is 15.4 Å². The van der Waals surface area contributed by atoms with Crippen molar-refractivity contribution in [2.75, 3.05) is 17.7 Å². The quantitative estimate of drug-likeness (QED) is 0.662. The van der Waals surface area contributed by atoms with Crippen LogP contribution in [-0.2, 0) is 5.41 Å². The second-order valence-corrected chi connectivity index (χ2v) is 7.40. The van der Waals surface area contributed by atoms with Crippen LogP contribution in [0.1, 0.15) is 26.3 Å². The first-order valence-corrected chi connectivity index (χ1v) is 8.40. The van der Waals surface area contributed by atoms with Gasteiger partial charge in [0.2, 0.25) is 0 Å². The molecule has 0 bridgehead atoms.